The summed E-state index contributed by atoms with van der Waals surface area (Å²) in [5, 5.41) is 0. The molecular weight excluding hydrogens is 290 g/mol. The van der Waals surface area contributed by atoms with Crippen molar-refractivity contribution in [3.63, 3.8) is 0 Å². The number of benzene rings is 1. The smallest absolute Gasteiger partial charge is 0.219 e. The Morgan fingerprint density at radius 1 is 1.17 bits per heavy atom. The van der Waals surface area contributed by atoms with E-state index >= 15 is 0 Å². The van der Waals surface area contributed by atoms with Gasteiger partial charge in [-0.05, 0) is 52.0 Å². The summed E-state index contributed by atoms with van der Waals surface area (Å²) in [4.78, 5) is 4.23. The molecule has 0 saturated carbocycles. The van der Waals surface area contributed by atoms with Crippen LogP contribution in [-0.4, -0.2) is 4.98 Å². The molecule has 0 saturated heterocycles. The molecule has 3 heteroatoms. The van der Waals surface area contributed by atoms with Gasteiger partial charge in [-0.15, -0.1) is 0 Å². The van der Waals surface area contributed by atoms with Crippen molar-refractivity contribution in [2.75, 3.05) is 0 Å². The molecule has 0 aliphatic carbocycles. The number of aromatic nitrogens is 1. The fraction of sp³-hybridized carbons (Fsp3) is 0.267. The highest BCUT2D eigenvalue weighted by Gasteiger charge is 2.09. The Hall–Kier alpha value is -1.35. The lowest BCUT2D eigenvalue weighted by atomic mass is 10.0. The molecule has 1 heterocycles. The van der Waals surface area contributed by atoms with Crippen LogP contribution in [0.2, 0.25) is 0 Å². The normalized spacial score (nSPS) is 10.7. The molecule has 0 radical (unpaired) electrons. The van der Waals surface area contributed by atoms with E-state index in [2.05, 4.69) is 59.9 Å². The van der Waals surface area contributed by atoms with E-state index in [0.717, 1.165) is 10.2 Å². The van der Waals surface area contributed by atoms with Crippen LogP contribution in [0.3, 0.4) is 0 Å². The molecule has 2 nitrogen and oxygen atoms in total. The maximum atomic E-state index is 5.87. The Morgan fingerprint density at radius 3 is 2.56 bits per heavy atom. The zero-order valence-electron chi connectivity index (χ0n) is 10.8. The second-order valence-electron chi connectivity index (χ2n) is 4.61. The summed E-state index contributed by atoms with van der Waals surface area (Å²) in [5.41, 5.74) is 2.39. The van der Waals surface area contributed by atoms with Gasteiger partial charge in [0.1, 0.15) is 5.75 Å². The SMILES string of the molecule is Cc1ccc(C(C)C)c(Oc2ccc(Br)cn2)c1. The van der Waals surface area contributed by atoms with Gasteiger partial charge in [-0.1, -0.05) is 26.0 Å². The highest BCUT2D eigenvalue weighted by Crippen LogP contribution is 2.30. The number of hydrogen-bond donors (Lipinski definition) is 0. The Labute approximate surface area is 116 Å². The molecule has 0 aliphatic heterocycles. The molecule has 1 aromatic carbocycles. The van der Waals surface area contributed by atoms with Crippen molar-refractivity contribution in [3.05, 3.63) is 52.1 Å². The Balaban J connectivity index is 2.32. The van der Waals surface area contributed by atoms with Crippen LogP contribution in [0.5, 0.6) is 11.6 Å². The fourth-order valence-electron chi connectivity index (χ4n) is 1.74. The monoisotopic (exact) mass is 305 g/mol. The molecule has 2 rings (SSSR count). The van der Waals surface area contributed by atoms with Gasteiger partial charge >= 0.3 is 0 Å². The maximum absolute atomic E-state index is 5.87. The Kier molecular flexibility index (Phi) is 4.02. The molecule has 0 unspecified atom stereocenters. The van der Waals surface area contributed by atoms with E-state index < -0.39 is 0 Å². The first-order chi connectivity index (χ1) is 8.56. The number of rotatable bonds is 3. The standard InChI is InChI=1S/C15H16BrNO/c1-10(2)13-6-4-11(3)8-14(13)18-15-7-5-12(16)9-17-15/h4-10H,1-3H3. The van der Waals surface area contributed by atoms with Gasteiger partial charge in [0.05, 0.1) is 0 Å². The van der Waals surface area contributed by atoms with Crippen molar-refractivity contribution in [1.29, 1.82) is 0 Å². The Morgan fingerprint density at radius 2 is 1.94 bits per heavy atom. The van der Waals surface area contributed by atoms with Gasteiger partial charge in [0.15, 0.2) is 0 Å². The molecule has 0 fully saturated rings. The van der Waals surface area contributed by atoms with Gasteiger partial charge < -0.3 is 4.74 Å². The summed E-state index contributed by atoms with van der Waals surface area (Å²) in [6, 6.07) is 10.1. The molecule has 0 spiro atoms. The number of ether oxygens (including phenoxy) is 1. The second-order valence-corrected chi connectivity index (χ2v) is 5.53. The van der Waals surface area contributed by atoms with Gasteiger partial charge in [-0.2, -0.15) is 0 Å². The molecule has 1 aromatic heterocycles. The van der Waals surface area contributed by atoms with Crippen molar-refractivity contribution in [2.45, 2.75) is 26.7 Å². The van der Waals surface area contributed by atoms with E-state index in [-0.39, 0.29) is 0 Å². The molecule has 0 aliphatic rings. The third-order valence-electron chi connectivity index (χ3n) is 2.71. The number of hydrogen-bond acceptors (Lipinski definition) is 2. The average Bonchev–Trinajstić information content (AvgIpc) is 2.32. The van der Waals surface area contributed by atoms with E-state index in [9.17, 15) is 0 Å². The molecule has 2 aromatic rings. The summed E-state index contributed by atoms with van der Waals surface area (Å²) in [5.74, 6) is 1.93. The minimum Gasteiger partial charge on any atom is -0.439 e. The first-order valence-corrected chi connectivity index (χ1v) is 6.75. The van der Waals surface area contributed by atoms with E-state index in [1.54, 1.807) is 6.20 Å². The van der Waals surface area contributed by atoms with Gasteiger partial charge in [-0.3, -0.25) is 0 Å². The van der Waals surface area contributed by atoms with Crippen molar-refractivity contribution in [3.8, 4) is 11.6 Å². The van der Waals surface area contributed by atoms with Crippen LogP contribution >= 0.6 is 15.9 Å². The fourth-order valence-corrected chi connectivity index (χ4v) is 1.98. The van der Waals surface area contributed by atoms with E-state index in [4.69, 9.17) is 4.74 Å². The molecule has 0 atom stereocenters. The van der Waals surface area contributed by atoms with Gasteiger partial charge in [0.2, 0.25) is 5.88 Å². The van der Waals surface area contributed by atoms with E-state index in [1.165, 1.54) is 11.1 Å². The molecule has 0 bridgehead atoms. The zero-order chi connectivity index (χ0) is 13.1. The summed E-state index contributed by atoms with van der Waals surface area (Å²) < 4.78 is 6.82. The third-order valence-corrected chi connectivity index (χ3v) is 3.17. The largest absolute Gasteiger partial charge is 0.439 e. The number of nitrogens with zero attached hydrogens (tertiary/aromatic N) is 1. The summed E-state index contributed by atoms with van der Waals surface area (Å²) in [6.45, 7) is 6.38. The second kappa shape index (κ2) is 5.53. The van der Waals surface area contributed by atoms with Crippen LogP contribution in [0.1, 0.15) is 30.9 Å². The first-order valence-electron chi connectivity index (χ1n) is 5.96. The molecule has 0 N–H and O–H groups in total. The van der Waals surface area contributed by atoms with Gasteiger partial charge in [-0.25, -0.2) is 4.98 Å². The molecule has 0 amide bonds. The lowest BCUT2D eigenvalue weighted by molar-refractivity contribution is 0.454. The van der Waals surface area contributed by atoms with Crippen LogP contribution in [0, 0.1) is 6.92 Å². The zero-order valence-corrected chi connectivity index (χ0v) is 12.4. The van der Waals surface area contributed by atoms with Crippen molar-refractivity contribution >= 4 is 15.9 Å². The maximum Gasteiger partial charge on any atom is 0.219 e. The predicted octanol–water partition coefficient (Wildman–Crippen LogP) is 5.07. The van der Waals surface area contributed by atoms with Crippen molar-refractivity contribution < 1.29 is 4.74 Å². The Bertz CT molecular complexity index is 535. The molecule has 18 heavy (non-hydrogen) atoms. The van der Waals surface area contributed by atoms with Crippen LogP contribution < -0.4 is 4.74 Å². The van der Waals surface area contributed by atoms with Crippen LogP contribution in [0.25, 0.3) is 0 Å². The lowest BCUT2D eigenvalue weighted by Gasteiger charge is -2.13. The topological polar surface area (TPSA) is 22.1 Å². The average molecular weight is 306 g/mol. The summed E-state index contributed by atoms with van der Waals surface area (Å²) >= 11 is 3.36. The van der Waals surface area contributed by atoms with E-state index in [1.807, 2.05) is 12.1 Å². The van der Waals surface area contributed by atoms with Gasteiger partial charge in [0, 0.05) is 16.7 Å². The molecular formula is C15H16BrNO. The van der Waals surface area contributed by atoms with Crippen LogP contribution in [0.4, 0.5) is 0 Å². The lowest BCUT2D eigenvalue weighted by Crippen LogP contribution is -1.95. The minimum atomic E-state index is 0.427. The van der Waals surface area contributed by atoms with Crippen molar-refractivity contribution in [1.82, 2.24) is 4.98 Å². The van der Waals surface area contributed by atoms with Crippen LogP contribution in [0.15, 0.2) is 41.0 Å². The number of aryl methyl sites for hydroxylation is 1. The summed E-state index contributed by atoms with van der Waals surface area (Å²) in [7, 11) is 0. The number of pyridine rings is 1. The van der Waals surface area contributed by atoms with Gasteiger partial charge in [0.25, 0.3) is 0 Å². The quantitative estimate of drug-likeness (QED) is 0.790. The minimum absolute atomic E-state index is 0.427. The highest BCUT2D eigenvalue weighted by molar-refractivity contribution is 9.10. The predicted molar refractivity (Wildman–Crippen MR) is 77.3 cm³/mol. The van der Waals surface area contributed by atoms with Crippen molar-refractivity contribution in [2.24, 2.45) is 0 Å². The molecule has 94 valence electrons. The third kappa shape index (κ3) is 3.10. The van der Waals surface area contributed by atoms with E-state index in [0.29, 0.717) is 11.8 Å². The van der Waals surface area contributed by atoms with Crippen LogP contribution in [-0.2, 0) is 0 Å². The first kappa shape index (κ1) is 13.1. The summed E-state index contributed by atoms with van der Waals surface area (Å²) in [6.07, 6.45) is 1.74. The highest BCUT2D eigenvalue weighted by atomic mass is 79.9. The number of halogens is 1.